The van der Waals surface area contributed by atoms with Gasteiger partial charge in [-0.2, -0.15) is 0 Å². The highest BCUT2D eigenvalue weighted by Gasteiger charge is 2.25. The lowest BCUT2D eigenvalue weighted by atomic mass is 9.86. The molecule has 1 aromatic carbocycles. The van der Waals surface area contributed by atoms with Gasteiger partial charge in [0.25, 0.3) is 0 Å². The SMILES string of the molecule is O=C(NCc1cccc(Cl)c1F)[C@H]1CCC[C@H](O)C1. The Morgan fingerprint density at radius 2 is 2.26 bits per heavy atom. The van der Waals surface area contributed by atoms with E-state index in [9.17, 15) is 14.3 Å². The lowest BCUT2D eigenvalue weighted by Crippen LogP contribution is -2.34. The van der Waals surface area contributed by atoms with Crippen LogP contribution in [0.25, 0.3) is 0 Å². The number of carbonyl (C=O) groups excluding carboxylic acids is 1. The summed E-state index contributed by atoms with van der Waals surface area (Å²) < 4.78 is 13.6. The Kier molecular flexibility index (Phi) is 4.77. The smallest absolute Gasteiger partial charge is 0.223 e. The summed E-state index contributed by atoms with van der Waals surface area (Å²) in [7, 11) is 0. The molecule has 5 heteroatoms. The summed E-state index contributed by atoms with van der Waals surface area (Å²) in [4.78, 5) is 11.9. The fourth-order valence-electron chi connectivity index (χ4n) is 2.41. The van der Waals surface area contributed by atoms with E-state index in [4.69, 9.17) is 11.6 Å². The maximum absolute atomic E-state index is 13.6. The van der Waals surface area contributed by atoms with Crippen molar-refractivity contribution >= 4 is 17.5 Å². The minimum absolute atomic E-state index is 0.0554. The molecule has 0 heterocycles. The summed E-state index contributed by atoms with van der Waals surface area (Å²) in [5.41, 5.74) is 0.372. The third-order valence-electron chi connectivity index (χ3n) is 3.50. The highest BCUT2D eigenvalue weighted by Crippen LogP contribution is 2.24. The quantitative estimate of drug-likeness (QED) is 0.897. The molecule has 0 spiro atoms. The van der Waals surface area contributed by atoms with Gasteiger partial charge in [0.2, 0.25) is 5.91 Å². The van der Waals surface area contributed by atoms with Gasteiger partial charge in [-0.1, -0.05) is 30.2 Å². The van der Waals surface area contributed by atoms with Crippen molar-refractivity contribution in [2.75, 3.05) is 0 Å². The van der Waals surface area contributed by atoms with E-state index in [0.717, 1.165) is 19.3 Å². The first-order valence-electron chi connectivity index (χ1n) is 6.46. The zero-order valence-corrected chi connectivity index (χ0v) is 11.3. The van der Waals surface area contributed by atoms with Gasteiger partial charge in [-0.3, -0.25) is 4.79 Å². The number of hydrogen-bond acceptors (Lipinski definition) is 2. The van der Waals surface area contributed by atoms with Crippen LogP contribution in [-0.2, 0) is 11.3 Å². The van der Waals surface area contributed by atoms with Gasteiger partial charge in [-0.25, -0.2) is 4.39 Å². The number of halogens is 2. The van der Waals surface area contributed by atoms with Crippen LogP contribution in [0.4, 0.5) is 4.39 Å². The van der Waals surface area contributed by atoms with E-state index in [-0.39, 0.29) is 23.4 Å². The Morgan fingerprint density at radius 3 is 3.00 bits per heavy atom. The number of aliphatic hydroxyl groups is 1. The third kappa shape index (κ3) is 3.67. The van der Waals surface area contributed by atoms with Crippen molar-refractivity contribution in [1.82, 2.24) is 5.32 Å². The van der Waals surface area contributed by atoms with Crippen LogP contribution in [0.3, 0.4) is 0 Å². The van der Waals surface area contributed by atoms with E-state index >= 15 is 0 Å². The normalized spacial score (nSPS) is 23.1. The molecule has 1 saturated carbocycles. The molecule has 1 aromatic rings. The van der Waals surface area contributed by atoms with Crippen molar-refractivity contribution in [2.45, 2.75) is 38.3 Å². The van der Waals surface area contributed by atoms with Crippen LogP contribution in [0, 0.1) is 11.7 Å². The Labute approximate surface area is 116 Å². The van der Waals surface area contributed by atoms with Gasteiger partial charge in [0.1, 0.15) is 5.82 Å². The van der Waals surface area contributed by atoms with E-state index in [1.165, 1.54) is 6.07 Å². The molecule has 1 amide bonds. The Hall–Kier alpha value is -1.13. The molecule has 104 valence electrons. The molecule has 0 radical (unpaired) electrons. The first kappa shape index (κ1) is 14.3. The van der Waals surface area contributed by atoms with Crippen LogP contribution < -0.4 is 5.32 Å². The van der Waals surface area contributed by atoms with Crippen LogP contribution >= 0.6 is 11.6 Å². The van der Waals surface area contributed by atoms with Gasteiger partial charge in [0.15, 0.2) is 0 Å². The predicted molar refractivity (Wildman–Crippen MR) is 71.2 cm³/mol. The van der Waals surface area contributed by atoms with E-state index < -0.39 is 11.9 Å². The van der Waals surface area contributed by atoms with Crippen molar-refractivity contribution in [1.29, 1.82) is 0 Å². The number of hydrogen-bond donors (Lipinski definition) is 2. The van der Waals surface area contributed by atoms with E-state index in [2.05, 4.69) is 5.32 Å². The first-order chi connectivity index (χ1) is 9.08. The molecule has 0 aromatic heterocycles. The van der Waals surface area contributed by atoms with Crippen LogP contribution in [0.15, 0.2) is 18.2 Å². The Balaban J connectivity index is 1.91. The fraction of sp³-hybridized carbons (Fsp3) is 0.500. The van der Waals surface area contributed by atoms with Gasteiger partial charge < -0.3 is 10.4 Å². The fourth-order valence-corrected chi connectivity index (χ4v) is 2.61. The Bertz CT molecular complexity index is 467. The zero-order chi connectivity index (χ0) is 13.8. The molecule has 2 rings (SSSR count). The van der Waals surface area contributed by atoms with Crippen LogP contribution in [-0.4, -0.2) is 17.1 Å². The topological polar surface area (TPSA) is 49.3 Å². The number of carbonyl (C=O) groups is 1. The van der Waals surface area contributed by atoms with E-state index in [1.807, 2.05) is 0 Å². The largest absolute Gasteiger partial charge is 0.393 e. The minimum Gasteiger partial charge on any atom is -0.393 e. The molecule has 2 N–H and O–H groups in total. The second kappa shape index (κ2) is 6.35. The summed E-state index contributed by atoms with van der Waals surface area (Å²) in [6.45, 7) is 0.123. The van der Waals surface area contributed by atoms with Crippen molar-refractivity contribution < 1.29 is 14.3 Å². The number of rotatable bonds is 3. The summed E-state index contributed by atoms with van der Waals surface area (Å²) in [6, 6.07) is 4.72. The molecule has 0 unspecified atom stereocenters. The lowest BCUT2D eigenvalue weighted by Gasteiger charge is -2.24. The van der Waals surface area contributed by atoms with E-state index in [1.54, 1.807) is 12.1 Å². The molecule has 19 heavy (non-hydrogen) atoms. The molecule has 0 saturated heterocycles. The number of amides is 1. The van der Waals surface area contributed by atoms with Crippen molar-refractivity contribution in [3.8, 4) is 0 Å². The van der Waals surface area contributed by atoms with Gasteiger partial charge in [-0.15, -0.1) is 0 Å². The molecule has 0 aliphatic heterocycles. The van der Waals surface area contributed by atoms with Crippen molar-refractivity contribution in [2.24, 2.45) is 5.92 Å². The summed E-state index contributed by atoms with van der Waals surface area (Å²) in [5.74, 6) is -0.794. The standard InChI is InChI=1S/C14H17ClFNO2/c15-12-6-2-4-10(13(12)16)8-17-14(19)9-3-1-5-11(18)7-9/h2,4,6,9,11,18H,1,3,5,7-8H2,(H,17,19)/t9-,11-/m0/s1. The highest BCUT2D eigenvalue weighted by atomic mass is 35.5. The van der Waals surface area contributed by atoms with E-state index in [0.29, 0.717) is 12.0 Å². The van der Waals surface area contributed by atoms with Gasteiger partial charge in [0, 0.05) is 18.0 Å². The molecule has 1 fully saturated rings. The molecule has 1 aliphatic carbocycles. The maximum Gasteiger partial charge on any atom is 0.223 e. The number of benzene rings is 1. The zero-order valence-electron chi connectivity index (χ0n) is 10.5. The van der Waals surface area contributed by atoms with Crippen LogP contribution in [0.5, 0.6) is 0 Å². The average molecular weight is 286 g/mol. The third-order valence-corrected chi connectivity index (χ3v) is 3.79. The summed E-state index contributed by atoms with van der Waals surface area (Å²) in [5, 5.41) is 12.3. The molecular weight excluding hydrogens is 269 g/mol. The predicted octanol–water partition coefficient (Wildman–Crippen LogP) is 2.65. The number of nitrogens with one attached hydrogen (secondary N) is 1. The summed E-state index contributed by atoms with van der Waals surface area (Å²) in [6.07, 6.45) is 2.48. The van der Waals surface area contributed by atoms with Crippen molar-refractivity contribution in [3.05, 3.63) is 34.6 Å². The molecule has 3 nitrogen and oxygen atoms in total. The maximum atomic E-state index is 13.6. The second-order valence-corrected chi connectivity index (χ2v) is 5.36. The van der Waals surface area contributed by atoms with Gasteiger partial charge in [-0.05, 0) is 25.3 Å². The van der Waals surface area contributed by atoms with Gasteiger partial charge >= 0.3 is 0 Å². The average Bonchev–Trinajstić information content (AvgIpc) is 2.40. The first-order valence-corrected chi connectivity index (χ1v) is 6.84. The molecule has 1 aliphatic rings. The van der Waals surface area contributed by atoms with Crippen molar-refractivity contribution in [3.63, 3.8) is 0 Å². The highest BCUT2D eigenvalue weighted by molar-refractivity contribution is 6.30. The Morgan fingerprint density at radius 1 is 1.47 bits per heavy atom. The minimum atomic E-state index is -0.492. The summed E-state index contributed by atoms with van der Waals surface area (Å²) >= 11 is 5.68. The number of aliphatic hydroxyl groups excluding tert-OH is 1. The molecule has 2 atom stereocenters. The lowest BCUT2D eigenvalue weighted by molar-refractivity contribution is -0.127. The van der Waals surface area contributed by atoms with Crippen LogP contribution in [0.2, 0.25) is 5.02 Å². The molecule has 0 bridgehead atoms. The van der Waals surface area contributed by atoms with Crippen LogP contribution in [0.1, 0.15) is 31.2 Å². The van der Waals surface area contributed by atoms with Gasteiger partial charge in [0.05, 0.1) is 11.1 Å². The second-order valence-electron chi connectivity index (χ2n) is 4.95. The molecular formula is C14H17ClFNO2. The monoisotopic (exact) mass is 285 g/mol.